The van der Waals surface area contributed by atoms with E-state index >= 15 is 0 Å². The molecule has 0 fully saturated rings. The molecule has 0 saturated carbocycles. The molecule has 26 heavy (non-hydrogen) atoms. The van der Waals surface area contributed by atoms with Crippen molar-refractivity contribution in [2.75, 3.05) is 14.2 Å². The van der Waals surface area contributed by atoms with Gasteiger partial charge in [-0.15, -0.1) is 0 Å². The van der Waals surface area contributed by atoms with Gasteiger partial charge in [-0.05, 0) is 48.0 Å². The second-order valence-corrected chi connectivity index (χ2v) is 5.12. The first-order chi connectivity index (χ1) is 12.5. The first-order valence-corrected chi connectivity index (χ1v) is 7.64. The maximum absolute atomic E-state index is 12.0. The highest BCUT2D eigenvalue weighted by atomic mass is 16.5. The van der Waals surface area contributed by atoms with Gasteiger partial charge in [0.25, 0.3) is 11.8 Å². The van der Waals surface area contributed by atoms with Crippen molar-refractivity contribution in [1.29, 1.82) is 0 Å². The Morgan fingerprint density at radius 3 is 2.04 bits per heavy atom. The van der Waals surface area contributed by atoms with Crippen LogP contribution in [0.3, 0.4) is 0 Å². The number of nitrogens with one attached hydrogen (secondary N) is 2. The highest BCUT2D eigenvalue weighted by Gasteiger charge is 2.09. The number of hydrogen-bond acceptors (Lipinski definition) is 5. The zero-order chi connectivity index (χ0) is 18.9. The summed E-state index contributed by atoms with van der Waals surface area (Å²) in [6.45, 7) is 0. The molecule has 7 nitrogen and oxygen atoms in total. The number of carbonyl (C=O) groups excluding carboxylic acids is 3. The van der Waals surface area contributed by atoms with Gasteiger partial charge in [-0.25, -0.2) is 4.79 Å². The standard InChI is InChI=1S/C19H18N2O5/c1-25-16-10-3-13(4-11-16)5-12-17(22)20-21-18(23)14-6-8-15(9-7-14)19(24)26-2/h3-12H,1-2H3,(H,20,22)(H,21,23)/b12-5+. The molecule has 0 aliphatic rings. The Hall–Kier alpha value is -3.61. The van der Waals surface area contributed by atoms with Crippen molar-refractivity contribution in [3.05, 3.63) is 71.3 Å². The Balaban J connectivity index is 1.86. The average molecular weight is 354 g/mol. The van der Waals surface area contributed by atoms with E-state index in [4.69, 9.17) is 4.74 Å². The molecule has 0 saturated heterocycles. The molecule has 2 aromatic carbocycles. The van der Waals surface area contributed by atoms with Gasteiger partial charge in [0, 0.05) is 11.6 Å². The van der Waals surface area contributed by atoms with Crippen LogP contribution in [0.25, 0.3) is 6.08 Å². The summed E-state index contributed by atoms with van der Waals surface area (Å²) >= 11 is 0. The maximum Gasteiger partial charge on any atom is 0.337 e. The molecule has 0 atom stereocenters. The Bertz CT molecular complexity index is 811. The number of hydrogen-bond donors (Lipinski definition) is 2. The van der Waals surface area contributed by atoms with Gasteiger partial charge in [0.2, 0.25) is 0 Å². The van der Waals surface area contributed by atoms with Crippen LogP contribution in [-0.2, 0) is 9.53 Å². The molecular weight excluding hydrogens is 336 g/mol. The van der Waals surface area contributed by atoms with Crippen molar-refractivity contribution in [3.63, 3.8) is 0 Å². The highest BCUT2D eigenvalue weighted by molar-refractivity contribution is 5.98. The van der Waals surface area contributed by atoms with Crippen molar-refractivity contribution in [2.24, 2.45) is 0 Å². The fourth-order valence-corrected chi connectivity index (χ4v) is 1.99. The zero-order valence-electron chi connectivity index (χ0n) is 14.3. The third-order valence-corrected chi connectivity index (χ3v) is 3.41. The SMILES string of the molecule is COC(=O)c1ccc(C(=O)NNC(=O)/C=C/c2ccc(OC)cc2)cc1. The van der Waals surface area contributed by atoms with E-state index in [1.165, 1.54) is 37.5 Å². The third-order valence-electron chi connectivity index (χ3n) is 3.41. The minimum Gasteiger partial charge on any atom is -0.497 e. The lowest BCUT2D eigenvalue weighted by Gasteiger charge is -2.06. The third kappa shape index (κ3) is 5.20. The lowest BCUT2D eigenvalue weighted by Crippen LogP contribution is -2.40. The monoisotopic (exact) mass is 354 g/mol. The molecule has 0 aliphatic heterocycles. The zero-order valence-corrected chi connectivity index (χ0v) is 14.3. The van der Waals surface area contributed by atoms with Gasteiger partial charge in [0.05, 0.1) is 19.8 Å². The number of amides is 2. The van der Waals surface area contributed by atoms with Crippen LogP contribution in [0.15, 0.2) is 54.6 Å². The van der Waals surface area contributed by atoms with E-state index in [0.717, 1.165) is 11.3 Å². The second-order valence-electron chi connectivity index (χ2n) is 5.12. The van der Waals surface area contributed by atoms with Crippen molar-refractivity contribution in [1.82, 2.24) is 10.9 Å². The normalized spacial score (nSPS) is 10.2. The van der Waals surface area contributed by atoms with Gasteiger partial charge in [0.1, 0.15) is 5.75 Å². The predicted molar refractivity (Wildman–Crippen MR) is 95.4 cm³/mol. The van der Waals surface area contributed by atoms with Gasteiger partial charge in [-0.3, -0.25) is 20.4 Å². The van der Waals surface area contributed by atoms with Crippen LogP contribution < -0.4 is 15.6 Å². The number of methoxy groups -OCH3 is 2. The largest absolute Gasteiger partial charge is 0.497 e. The summed E-state index contributed by atoms with van der Waals surface area (Å²) in [6, 6.07) is 13.0. The van der Waals surface area contributed by atoms with Crippen LogP contribution >= 0.6 is 0 Å². The van der Waals surface area contributed by atoms with Crippen LogP contribution in [0.4, 0.5) is 0 Å². The van der Waals surface area contributed by atoms with Gasteiger partial charge >= 0.3 is 5.97 Å². The quantitative estimate of drug-likeness (QED) is 0.486. The van der Waals surface area contributed by atoms with Crippen LogP contribution in [0, 0.1) is 0 Å². The molecule has 0 aromatic heterocycles. The van der Waals surface area contributed by atoms with E-state index in [1.54, 1.807) is 37.5 Å². The Labute approximate surface area is 150 Å². The molecular formula is C19H18N2O5. The summed E-state index contributed by atoms with van der Waals surface area (Å²) < 4.78 is 9.63. The Kier molecular flexibility index (Phi) is 6.50. The van der Waals surface area contributed by atoms with Crippen molar-refractivity contribution >= 4 is 23.9 Å². The van der Waals surface area contributed by atoms with E-state index in [-0.39, 0.29) is 5.56 Å². The van der Waals surface area contributed by atoms with E-state index in [9.17, 15) is 14.4 Å². The molecule has 7 heteroatoms. The Morgan fingerprint density at radius 2 is 1.46 bits per heavy atom. The van der Waals surface area contributed by atoms with Crippen LogP contribution in [0.2, 0.25) is 0 Å². The van der Waals surface area contributed by atoms with Gasteiger partial charge in [-0.2, -0.15) is 0 Å². The summed E-state index contributed by atoms with van der Waals surface area (Å²) in [4.78, 5) is 35.1. The van der Waals surface area contributed by atoms with E-state index in [1.807, 2.05) is 0 Å². The van der Waals surface area contributed by atoms with Crippen molar-refractivity contribution < 1.29 is 23.9 Å². The molecule has 0 bridgehead atoms. The number of ether oxygens (including phenoxy) is 2. The minimum absolute atomic E-state index is 0.289. The summed E-state index contributed by atoms with van der Waals surface area (Å²) in [6.07, 6.45) is 2.90. The minimum atomic E-state index is -0.507. The highest BCUT2D eigenvalue weighted by Crippen LogP contribution is 2.12. The topological polar surface area (TPSA) is 93.7 Å². The number of hydrazine groups is 1. The van der Waals surface area contributed by atoms with Gasteiger partial charge in [0.15, 0.2) is 0 Å². The van der Waals surface area contributed by atoms with E-state index in [0.29, 0.717) is 5.56 Å². The molecule has 0 spiro atoms. The van der Waals surface area contributed by atoms with Gasteiger partial charge in [-0.1, -0.05) is 12.1 Å². The summed E-state index contributed by atoms with van der Waals surface area (Å²) in [7, 11) is 2.85. The van der Waals surface area contributed by atoms with Gasteiger partial charge < -0.3 is 9.47 Å². The number of carbonyl (C=O) groups is 3. The molecule has 2 aromatic rings. The second kappa shape index (κ2) is 9.03. The Morgan fingerprint density at radius 1 is 0.846 bits per heavy atom. The lowest BCUT2D eigenvalue weighted by atomic mass is 10.1. The first-order valence-electron chi connectivity index (χ1n) is 7.64. The fraction of sp³-hybridized carbons (Fsp3) is 0.105. The summed E-state index contributed by atoms with van der Waals surface area (Å²) in [5, 5.41) is 0. The summed E-state index contributed by atoms with van der Waals surface area (Å²) in [5.74, 6) is -0.765. The average Bonchev–Trinajstić information content (AvgIpc) is 2.70. The molecule has 0 unspecified atom stereocenters. The molecule has 134 valence electrons. The number of benzene rings is 2. The predicted octanol–water partition coefficient (Wildman–Crippen LogP) is 1.96. The lowest BCUT2D eigenvalue weighted by molar-refractivity contribution is -0.117. The molecule has 2 rings (SSSR count). The first kappa shape index (κ1) is 18.7. The molecule has 2 amide bonds. The van der Waals surface area contributed by atoms with Crippen molar-refractivity contribution in [3.8, 4) is 5.75 Å². The summed E-state index contributed by atoms with van der Waals surface area (Å²) in [5.41, 5.74) is 6.00. The van der Waals surface area contributed by atoms with Crippen LogP contribution in [-0.4, -0.2) is 32.0 Å². The number of esters is 1. The molecule has 0 heterocycles. The molecule has 0 radical (unpaired) electrons. The van der Waals surface area contributed by atoms with Crippen LogP contribution in [0.1, 0.15) is 26.3 Å². The van der Waals surface area contributed by atoms with E-state index in [2.05, 4.69) is 15.6 Å². The van der Waals surface area contributed by atoms with E-state index < -0.39 is 17.8 Å². The molecule has 2 N–H and O–H groups in total. The molecule has 0 aliphatic carbocycles. The fourth-order valence-electron chi connectivity index (χ4n) is 1.99. The smallest absolute Gasteiger partial charge is 0.337 e. The van der Waals surface area contributed by atoms with Crippen molar-refractivity contribution in [2.45, 2.75) is 0 Å². The number of rotatable bonds is 5. The van der Waals surface area contributed by atoms with Crippen LogP contribution in [0.5, 0.6) is 5.75 Å². The maximum atomic E-state index is 12.0.